The van der Waals surface area contributed by atoms with E-state index in [1.165, 1.54) is 18.7 Å². The molecule has 0 spiro atoms. The molecule has 0 unspecified atom stereocenters. The van der Waals surface area contributed by atoms with E-state index in [9.17, 15) is 4.79 Å². The Bertz CT molecular complexity index is 755. The van der Waals surface area contributed by atoms with Crippen molar-refractivity contribution in [1.82, 2.24) is 0 Å². The summed E-state index contributed by atoms with van der Waals surface area (Å²) in [6, 6.07) is 16.6. The third kappa shape index (κ3) is 3.85. The van der Waals surface area contributed by atoms with E-state index in [0.29, 0.717) is 11.1 Å². The minimum absolute atomic E-state index is 0.110. The number of carbonyl (C=O) groups is 1. The molecule has 0 heterocycles. The number of carbonyl (C=O) groups excluding carboxylic acids is 1. The lowest BCUT2D eigenvalue weighted by atomic mass is 10.1. The zero-order chi connectivity index (χ0) is 15.2. The fraction of sp³-hybridized carbons (Fsp3) is 0.0625. The Hall–Kier alpha value is -2.76. The predicted molar refractivity (Wildman–Crippen MR) is 80.7 cm³/mol. The summed E-state index contributed by atoms with van der Waals surface area (Å²) in [5, 5.41) is 20.6. The molecule has 5 heteroatoms. The summed E-state index contributed by atoms with van der Waals surface area (Å²) in [4.78, 5) is 12.8. The number of nitrogens with zero attached hydrogens (tertiary/aromatic N) is 2. The maximum absolute atomic E-state index is 10.9. The highest BCUT2D eigenvalue weighted by atomic mass is 32.2. The molecule has 0 radical (unpaired) electrons. The van der Waals surface area contributed by atoms with Crippen molar-refractivity contribution in [2.75, 3.05) is 5.32 Å². The van der Waals surface area contributed by atoms with Crippen LogP contribution < -0.4 is 5.32 Å². The zero-order valence-corrected chi connectivity index (χ0v) is 12.1. The van der Waals surface area contributed by atoms with Crippen LogP contribution in [-0.4, -0.2) is 5.91 Å². The standard InChI is InChI=1S/C16H11N3OS/c1-11(20)19-14-3-6-15(7-4-14)21-16-5-2-12(9-17)13(8-16)10-18/h2-8H,1H3,(H,19,20). The van der Waals surface area contributed by atoms with Crippen molar-refractivity contribution in [2.45, 2.75) is 16.7 Å². The van der Waals surface area contributed by atoms with Crippen LogP contribution in [0.4, 0.5) is 5.69 Å². The minimum Gasteiger partial charge on any atom is -0.326 e. The highest BCUT2D eigenvalue weighted by Crippen LogP contribution is 2.29. The number of amides is 1. The lowest BCUT2D eigenvalue weighted by Crippen LogP contribution is -2.05. The van der Waals surface area contributed by atoms with Crippen LogP contribution in [0.25, 0.3) is 0 Å². The topological polar surface area (TPSA) is 76.7 Å². The summed E-state index contributed by atoms with van der Waals surface area (Å²) in [6.07, 6.45) is 0. The van der Waals surface area contributed by atoms with Gasteiger partial charge in [-0.3, -0.25) is 4.79 Å². The maximum Gasteiger partial charge on any atom is 0.221 e. The summed E-state index contributed by atoms with van der Waals surface area (Å²) in [5.74, 6) is -0.110. The van der Waals surface area contributed by atoms with Crippen LogP contribution in [0, 0.1) is 22.7 Å². The van der Waals surface area contributed by atoms with Crippen molar-refractivity contribution in [3.8, 4) is 12.1 Å². The van der Waals surface area contributed by atoms with Gasteiger partial charge in [0.2, 0.25) is 5.91 Å². The van der Waals surface area contributed by atoms with Gasteiger partial charge in [0.15, 0.2) is 0 Å². The molecule has 0 saturated heterocycles. The number of nitrogens with one attached hydrogen (secondary N) is 1. The molecule has 0 aliphatic heterocycles. The second kappa shape index (κ2) is 6.60. The van der Waals surface area contributed by atoms with Crippen LogP contribution in [-0.2, 0) is 4.79 Å². The average Bonchev–Trinajstić information content (AvgIpc) is 2.48. The molecule has 0 aliphatic rings. The molecular formula is C16H11N3OS. The van der Waals surface area contributed by atoms with E-state index in [4.69, 9.17) is 10.5 Å². The van der Waals surface area contributed by atoms with Crippen molar-refractivity contribution < 1.29 is 4.79 Å². The van der Waals surface area contributed by atoms with E-state index in [1.807, 2.05) is 42.5 Å². The first kappa shape index (κ1) is 14.6. The molecule has 0 aromatic heterocycles. The Kier molecular flexibility index (Phi) is 4.61. The first-order valence-electron chi connectivity index (χ1n) is 6.12. The molecule has 2 aromatic rings. The van der Waals surface area contributed by atoms with Crippen LogP contribution in [0.3, 0.4) is 0 Å². The maximum atomic E-state index is 10.9. The fourth-order valence-corrected chi connectivity index (χ4v) is 2.58. The molecule has 0 atom stereocenters. The van der Waals surface area contributed by atoms with Gasteiger partial charge in [-0.05, 0) is 42.5 Å². The van der Waals surface area contributed by atoms with Gasteiger partial charge in [0, 0.05) is 22.4 Å². The van der Waals surface area contributed by atoms with E-state index in [-0.39, 0.29) is 5.91 Å². The van der Waals surface area contributed by atoms with Gasteiger partial charge >= 0.3 is 0 Å². The van der Waals surface area contributed by atoms with E-state index >= 15 is 0 Å². The molecule has 102 valence electrons. The third-order valence-electron chi connectivity index (χ3n) is 2.64. The largest absolute Gasteiger partial charge is 0.326 e. The SMILES string of the molecule is CC(=O)Nc1ccc(Sc2ccc(C#N)c(C#N)c2)cc1. The van der Waals surface area contributed by atoms with Gasteiger partial charge in [0.05, 0.1) is 11.1 Å². The Balaban J connectivity index is 2.17. The minimum atomic E-state index is -0.110. The second-order valence-electron chi connectivity index (χ2n) is 4.24. The van der Waals surface area contributed by atoms with E-state index in [1.54, 1.807) is 12.1 Å². The molecule has 0 saturated carbocycles. The molecule has 4 nitrogen and oxygen atoms in total. The molecule has 21 heavy (non-hydrogen) atoms. The van der Waals surface area contributed by atoms with Gasteiger partial charge in [-0.1, -0.05) is 11.8 Å². The van der Waals surface area contributed by atoms with Gasteiger partial charge < -0.3 is 5.32 Å². The van der Waals surface area contributed by atoms with Crippen molar-refractivity contribution in [3.63, 3.8) is 0 Å². The number of rotatable bonds is 3. The number of benzene rings is 2. The predicted octanol–water partition coefficient (Wildman–Crippen LogP) is 3.54. The van der Waals surface area contributed by atoms with Crippen LogP contribution in [0.2, 0.25) is 0 Å². The molecule has 1 amide bonds. The quantitative estimate of drug-likeness (QED) is 0.939. The van der Waals surface area contributed by atoms with Crippen molar-refractivity contribution in [1.29, 1.82) is 10.5 Å². The first-order chi connectivity index (χ1) is 10.1. The summed E-state index contributed by atoms with van der Waals surface area (Å²) in [5.41, 5.74) is 1.49. The van der Waals surface area contributed by atoms with Crippen molar-refractivity contribution in [3.05, 3.63) is 53.6 Å². The number of hydrogen-bond donors (Lipinski definition) is 1. The number of nitriles is 2. The van der Waals surface area contributed by atoms with Gasteiger partial charge in [-0.25, -0.2) is 0 Å². The van der Waals surface area contributed by atoms with Crippen LogP contribution in [0.1, 0.15) is 18.1 Å². The van der Waals surface area contributed by atoms with Crippen molar-refractivity contribution in [2.24, 2.45) is 0 Å². The lowest BCUT2D eigenvalue weighted by Gasteiger charge is -2.05. The van der Waals surface area contributed by atoms with Crippen LogP contribution in [0.15, 0.2) is 52.3 Å². The summed E-state index contributed by atoms with van der Waals surface area (Å²) < 4.78 is 0. The third-order valence-corrected chi connectivity index (χ3v) is 3.64. The number of anilines is 1. The number of hydrogen-bond acceptors (Lipinski definition) is 4. The highest BCUT2D eigenvalue weighted by Gasteiger charge is 2.04. The second-order valence-corrected chi connectivity index (χ2v) is 5.39. The highest BCUT2D eigenvalue weighted by molar-refractivity contribution is 7.99. The molecule has 0 aliphatic carbocycles. The fourth-order valence-electron chi connectivity index (χ4n) is 1.72. The van der Waals surface area contributed by atoms with Crippen molar-refractivity contribution >= 4 is 23.4 Å². The Labute approximate surface area is 127 Å². The van der Waals surface area contributed by atoms with Crippen LogP contribution >= 0.6 is 11.8 Å². The molecule has 0 fully saturated rings. The Morgan fingerprint density at radius 3 is 2.19 bits per heavy atom. The average molecular weight is 293 g/mol. The van der Waals surface area contributed by atoms with Gasteiger partial charge in [0.25, 0.3) is 0 Å². The summed E-state index contributed by atoms with van der Waals surface area (Å²) >= 11 is 1.49. The van der Waals surface area contributed by atoms with E-state index in [2.05, 4.69) is 5.32 Å². The Morgan fingerprint density at radius 1 is 1.00 bits per heavy atom. The molecular weight excluding hydrogens is 282 g/mol. The van der Waals surface area contributed by atoms with Gasteiger partial charge in [0.1, 0.15) is 12.1 Å². The molecule has 1 N–H and O–H groups in total. The molecule has 2 rings (SSSR count). The molecule has 0 bridgehead atoms. The van der Waals surface area contributed by atoms with Gasteiger partial charge in [-0.15, -0.1) is 0 Å². The smallest absolute Gasteiger partial charge is 0.221 e. The lowest BCUT2D eigenvalue weighted by molar-refractivity contribution is -0.114. The normalized spacial score (nSPS) is 9.48. The summed E-state index contributed by atoms with van der Waals surface area (Å²) in [7, 11) is 0. The Morgan fingerprint density at radius 2 is 1.62 bits per heavy atom. The van der Waals surface area contributed by atoms with Gasteiger partial charge in [-0.2, -0.15) is 10.5 Å². The summed E-state index contributed by atoms with van der Waals surface area (Å²) in [6.45, 7) is 1.46. The first-order valence-corrected chi connectivity index (χ1v) is 6.94. The zero-order valence-electron chi connectivity index (χ0n) is 11.3. The van der Waals surface area contributed by atoms with Crippen LogP contribution in [0.5, 0.6) is 0 Å². The van der Waals surface area contributed by atoms with E-state index in [0.717, 1.165) is 15.5 Å². The monoisotopic (exact) mass is 293 g/mol. The molecule has 2 aromatic carbocycles. The van der Waals surface area contributed by atoms with E-state index < -0.39 is 0 Å².